The van der Waals surface area contributed by atoms with Crippen LogP contribution in [0.4, 0.5) is 10.1 Å². The summed E-state index contributed by atoms with van der Waals surface area (Å²) in [5.41, 5.74) is 1.32. The minimum absolute atomic E-state index is 0.137. The second-order valence-corrected chi connectivity index (χ2v) is 5.32. The van der Waals surface area contributed by atoms with Crippen molar-refractivity contribution in [3.8, 4) is 0 Å². The molecule has 0 aromatic heterocycles. The van der Waals surface area contributed by atoms with Crippen molar-refractivity contribution in [1.82, 2.24) is 5.32 Å². The predicted octanol–water partition coefficient (Wildman–Crippen LogP) is 2.55. The zero-order chi connectivity index (χ0) is 11.7. The zero-order valence-corrected chi connectivity index (χ0v) is 10.1. The van der Waals surface area contributed by atoms with E-state index in [-0.39, 0.29) is 5.82 Å². The fourth-order valence-electron chi connectivity index (χ4n) is 3.24. The van der Waals surface area contributed by atoms with Crippen LogP contribution in [0, 0.1) is 5.82 Å². The molecule has 0 radical (unpaired) electrons. The number of anilines is 1. The molecule has 2 fully saturated rings. The molecule has 1 aromatic rings. The molecule has 0 atom stereocenters. The van der Waals surface area contributed by atoms with E-state index in [1.165, 1.54) is 31.7 Å². The lowest BCUT2D eigenvalue weighted by Crippen LogP contribution is -2.59. The van der Waals surface area contributed by atoms with Crippen LogP contribution in [0.2, 0.25) is 0 Å². The van der Waals surface area contributed by atoms with Crippen molar-refractivity contribution < 1.29 is 4.39 Å². The van der Waals surface area contributed by atoms with Crippen LogP contribution in [-0.4, -0.2) is 25.2 Å². The van der Waals surface area contributed by atoms with Crippen LogP contribution >= 0.6 is 0 Å². The normalized spacial score (nSPS) is 23.2. The molecule has 0 unspecified atom stereocenters. The Balaban J connectivity index is 1.79. The van der Waals surface area contributed by atoms with Crippen molar-refractivity contribution in [1.29, 1.82) is 0 Å². The second kappa shape index (κ2) is 4.30. The third-order valence-electron chi connectivity index (χ3n) is 4.11. The van der Waals surface area contributed by atoms with E-state index in [4.69, 9.17) is 0 Å². The number of rotatable bonds is 1. The second-order valence-electron chi connectivity index (χ2n) is 5.32. The van der Waals surface area contributed by atoms with Crippen LogP contribution in [-0.2, 0) is 0 Å². The Kier molecular flexibility index (Phi) is 2.79. The van der Waals surface area contributed by atoms with E-state index in [1.54, 1.807) is 12.1 Å². The fourth-order valence-corrected chi connectivity index (χ4v) is 3.24. The van der Waals surface area contributed by atoms with Crippen molar-refractivity contribution >= 4 is 5.69 Å². The summed E-state index contributed by atoms with van der Waals surface area (Å²) in [6.45, 7) is 3.01. The summed E-state index contributed by atoms with van der Waals surface area (Å²) < 4.78 is 13.2. The Bertz CT molecular complexity index is 399. The van der Waals surface area contributed by atoms with Gasteiger partial charge in [-0.15, -0.1) is 0 Å². The third-order valence-corrected chi connectivity index (χ3v) is 4.11. The van der Waals surface area contributed by atoms with Gasteiger partial charge < -0.3 is 10.2 Å². The molecule has 1 spiro atoms. The maximum Gasteiger partial charge on any atom is 0.125 e. The molecule has 0 bridgehead atoms. The topological polar surface area (TPSA) is 15.3 Å². The van der Waals surface area contributed by atoms with Crippen molar-refractivity contribution in [2.24, 2.45) is 0 Å². The van der Waals surface area contributed by atoms with Gasteiger partial charge in [-0.25, -0.2) is 4.39 Å². The maximum atomic E-state index is 13.2. The van der Waals surface area contributed by atoms with Crippen LogP contribution in [0.5, 0.6) is 0 Å². The van der Waals surface area contributed by atoms with E-state index in [1.807, 2.05) is 6.07 Å². The molecule has 3 heteroatoms. The van der Waals surface area contributed by atoms with Crippen molar-refractivity contribution in [3.63, 3.8) is 0 Å². The van der Waals surface area contributed by atoms with Crippen LogP contribution in [0.1, 0.15) is 25.7 Å². The van der Waals surface area contributed by atoms with Crippen LogP contribution in [0.3, 0.4) is 0 Å². The molecule has 1 aliphatic carbocycles. The first-order chi connectivity index (χ1) is 8.27. The third kappa shape index (κ3) is 2.16. The Morgan fingerprint density at radius 3 is 2.82 bits per heavy atom. The summed E-state index contributed by atoms with van der Waals surface area (Å²) in [7, 11) is 0. The summed E-state index contributed by atoms with van der Waals surface area (Å²) in [4.78, 5) is 2.32. The van der Waals surface area contributed by atoms with Gasteiger partial charge in [0.05, 0.1) is 0 Å². The number of piperazine rings is 1. The van der Waals surface area contributed by atoms with Gasteiger partial charge in [0, 0.05) is 30.9 Å². The molecule has 3 rings (SSSR count). The van der Waals surface area contributed by atoms with Crippen molar-refractivity contribution in [2.45, 2.75) is 31.2 Å². The van der Waals surface area contributed by atoms with Gasteiger partial charge in [-0.05, 0) is 31.0 Å². The lowest BCUT2D eigenvalue weighted by Gasteiger charge is -2.42. The maximum absolute atomic E-state index is 13.2. The number of benzene rings is 1. The average molecular weight is 234 g/mol. The van der Waals surface area contributed by atoms with E-state index < -0.39 is 0 Å². The first-order valence-electron chi connectivity index (χ1n) is 6.53. The summed E-state index contributed by atoms with van der Waals surface area (Å²) >= 11 is 0. The lowest BCUT2D eigenvalue weighted by atomic mass is 9.94. The number of hydrogen-bond acceptors (Lipinski definition) is 2. The van der Waals surface area contributed by atoms with Gasteiger partial charge in [-0.3, -0.25) is 0 Å². The predicted molar refractivity (Wildman–Crippen MR) is 67.8 cm³/mol. The van der Waals surface area contributed by atoms with Crippen molar-refractivity contribution in [3.05, 3.63) is 30.1 Å². The first kappa shape index (κ1) is 11.0. The Morgan fingerprint density at radius 1 is 1.24 bits per heavy atom. The largest absolute Gasteiger partial charge is 0.368 e. The number of nitrogens with one attached hydrogen (secondary N) is 1. The van der Waals surface area contributed by atoms with Crippen molar-refractivity contribution in [2.75, 3.05) is 24.5 Å². The highest BCUT2D eigenvalue weighted by atomic mass is 19.1. The van der Waals surface area contributed by atoms with Crippen LogP contribution in [0.25, 0.3) is 0 Å². The Hall–Kier alpha value is -1.09. The Labute approximate surface area is 102 Å². The first-order valence-corrected chi connectivity index (χ1v) is 6.53. The van der Waals surface area contributed by atoms with E-state index in [0.717, 1.165) is 25.3 Å². The summed E-state index contributed by atoms with van der Waals surface area (Å²) in [6, 6.07) is 6.97. The quantitative estimate of drug-likeness (QED) is 0.803. The minimum Gasteiger partial charge on any atom is -0.368 e. The van der Waals surface area contributed by atoms with Gasteiger partial charge in [0.2, 0.25) is 0 Å². The van der Waals surface area contributed by atoms with E-state index in [2.05, 4.69) is 10.2 Å². The van der Waals surface area contributed by atoms with Gasteiger partial charge >= 0.3 is 0 Å². The molecule has 1 N–H and O–H groups in total. The van der Waals surface area contributed by atoms with E-state index >= 15 is 0 Å². The number of nitrogens with zero attached hydrogens (tertiary/aromatic N) is 1. The molecular weight excluding hydrogens is 215 g/mol. The highest BCUT2D eigenvalue weighted by molar-refractivity contribution is 5.47. The highest BCUT2D eigenvalue weighted by Crippen LogP contribution is 2.33. The Morgan fingerprint density at radius 2 is 2.06 bits per heavy atom. The molecule has 1 aromatic carbocycles. The summed E-state index contributed by atoms with van der Waals surface area (Å²) in [5, 5.41) is 3.67. The number of hydrogen-bond donors (Lipinski definition) is 1. The molecule has 17 heavy (non-hydrogen) atoms. The molecule has 1 heterocycles. The molecule has 1 saturated heterocycles. The zero-order valence-electron chi connectivity index (χ0n) is 10.1. The van der Waals surface area contributed by atoms with E-state index in [0.29, 0.717) is 5.54 Å². The molecule has 1 saturated carbocycles. The van der Waals surface area contributed by atoms with Gasteiger partial charge in [-0.1, -0.05) is 18.9 Å². The molecule has 1 aliphatic heterocycles. The van der Waals surface area contributed by atoms with Gasteiger partial charge in [0.15, 0.2) is 0 Å². The molecule has 92 valence electrons. The SMILES string of the molecule is Fc1cccc(N2CCNC3(CCCC3)C2)c1. The molecular formula is C14H19FN2. The van der Waals surface area contributed by atoms with E-state index in [9.17, 15) is 4.39 Å². The minimum atomic E-state index is -0.137. The lowest BCUT2D eigenvalue weighted by molar-refractivity contribution is 0.304. The van der Waals surface area contributed by atoms with Gasteiger partial charge in [-0.2, -0.15) is 0 Å². The summed E-state index contributed by atoms with van der Waals surface area (Å²) in [5.74, 6) is -0.137. The standard InChI is InChI=1S/C14H19FN2/c15-12-4-3-5-13(10-12)17-9-8-16-14(11-17)6-1-2-7-14/h3-5,10,16H,1-2,6-9,11H2. The number of halogens is 1. The molecule has 0 amide bonds. The highest BCUT2D eigenvalue weighted by Gasteiger charge is 2.37. The fraction of sp³-hybridized carbons (Fsp3) is 0.571. The monoisotopic (exact) mass is 234 g/mol. The molecule has 2 nitrogen and oxygen atoms in total. The summed E-state index contributed by atoms with van der Waals surface area (Å²) in [6.07, 6.45) is 5.17. The van der Waals surface area contributed by atoms with Gasteiger partial charge in [0.25, 0.3) is 0 Å². The smallest absolute Gasteiger partial charge is 0.125 e. The molecule has 2 aliphatic rings. The van der Waals surface area contributed by atoms with Crippen LogP contribution < -0.4 is 10.2 Å². The van der Waals surface area contributed by atoms with Gasteiger partial charge in [0.1, 0.15) is 5.82 Å². The van der Waals surface area contributed by atoms with Crippen LogP contribution in [0.15, 0.2) is 24.3 Å². The average Bonchev–Trinajstić information content (AvgIpc) is 2.77.